The zero-order valence-corrected chi connectivity index (χ0v) is 30.0. The van der Waals surface area contributed by atoms with Crippen LogP contribution in [0.25, 0.3) is 0 Å². The molecule has 0 aromatic carbocycles. The monoisotopic (exact) mass is 713 g/mol. The highest BCUT2D eigenvalue weighted by atomic mass is 16.5. The SMILES string of the molecule is CC(C)OC(=O)C(CCC(=O)O)CC(=O)C1(C)CCCN1C(=O)CN.CNCC(=O)N1CCC[C@H]1C(=O)N[C@@H](CCC(=O)O)C(=O)OC(C)C. The minimum atomic E-state index is -1.07. The predicted octanol–water partition coefficient (Wildman–Crippen LogP) is 0.216. The largest absolute Gasteiger partial charge is 0.481 e. The number of nitrogens with zero attached hydrogens (tertiary/aromatic N) is 2. The minimum Gasteiger partial charge on any atom is -0.481 e. The van der Waals surface area contributed by atoms with Crippen molar-refractivity contribution in [3.63, 3.8) is 0 Å². The van der Waals surface area contributed by atoms with Crippen LogP contribution in [0.1, 0.15) is 92.4 Å². The van der Waals surface area contributed by atoms with Gasteiger partial charge in [-0.25, -0.2) is 4.79 Å². The normalized spacial score (nSPS) is 19.7. The third-order valence-electron chi connectivity index (χ3n) is 8.34. The number of amides is 3. The summed E-state index contributed by atoms with van der Waals surface area (Å²) < 4.78 is 10.2. The molecule has 17 heteroatoms. The Bertz CT molecular complexity index is 1220. The number of likely N-dealkylation sites (N-methyl/N-ethyl adjacent to an activating group) is 1. The maximum atomic E-state index is 12.9. The second-order valence-electron chi connectivity index (χ2n) is 13.1. The van der Waals surface area contributed by atoms with Crippen molar-refractivity contribution in [3.8, 4) is 0 Å². The lowest BCUT2D eigenvalue weighted by Gasteiger charge is -2.34. The molecule has 0 aliphatic carbocycles. The van der Waals surface area contributed by atoms with Crippen molar-refractivity contribution in [3.05, 3.63) is 0 Å². The van der Waals surface area contributed by atoms with Crippen LogP contribution < -0.4 is 16.4 Å². The number of hydrogen-bond acceptors (Lipinski definition) is 12. The van der Waals surface area contributed by atoms with E-state index in [1.807, 2.05) is 0 Å². The number of likely N-dealkylation sites (tertiary alicyclic amines) is 2. The van der Waals surface area contributed by atoms with Crippen LogP contribution >= 0.6 is 0 Å². The number of esters is 2. The van der Waals surface area contributed by atoms with Crippen molar-refractivity contribution in [2.75, 3.05) is 33.2 Å². The molecule has 3 amide bonds. The van der Waals surface area contributed by atoms with E-state index in [0.29, 0.717) is 38.8 Å². The minimum absolute atomic E-state index is 0.0214. The fraction of sp³-hybridized carbons (Fsp3) is 0.758. The second kappa shape index (κ2) is 21.2. The molecule has 284 valence electrons. The number of hydrogen-bond donors (Lipinski definition) is 5. The van der Waals surface area contributed by atoms with Crippen molar-refractivity contribution >= 4 is 47.4 Å². The van der Waals surface area contributed by atoms with Gasteiger partial charge in [0.25, 0.3) is 0 Å². The number of ether oxygens (including phenoxy) is 2. The average molecular weight is 714 g/mol. The van der Waals surface area contributed by atoms with E-state index < -0.39 is 53.3 Å². The summed E-state index contributed by atoms with van der Waals surface area (Å²) in [5, 5.41) is 23.0. The van der Waals surface area contributed by atoms with Gasteiger partial charge >= 0.3 is 23.9 Å². The number of carbonyl (C=O) groups excluding carboxylic acids is 6. The highest BCUT2D eigenvalue weighted by molar-refractivity contribution is 5.95. The van der Waals surface area contributed by atoms with Gasteiger partial charge < -0.3 is 45.9 Å². The van der Waals surface area contributed by atoms with E-state index in [-0.39, 0.29) is 75.0 Å². The van der Waals surface area contributed by atoms with Gasteiger partial charge in [0.05, 0.1) is 36.8 Å². The second-order valence-corrected chi connectivity index (χ2v) is 13.1. The number of rotatable bonds is 18. The van der Waals surface area contributed by atoms with E-state index in [4.69, 9.17) is 25.4 Å². The Morgan fingerprint density at radius 2 is 1.44 bits per heavy atom. The Morgan fingerprint density at radius 1 is 0.860 bits per heavy atom. The maximum Gasteiger partial charge on any atom is 0.328 e. The molecule has 2 fully saturated rings. The third-order valence-corrected chi connectivity index (χ3v) is 8.34. The van der Waals surface area contributed by atoms with Crippen molar-refractivity contribution in [2.45, 2.75) is 122 Å². The smallest absolute Gasteiger partial charge is 0.328 e. The topological polar surface area (TPSA) is 252 Å². The molecule has 2 aliphatic rings. The molecule has 2 aliphatic heterocycles. The summed E-state index contributed by atoms with van der Waals surface area (Å²) in [6.07, 6.45) is 0.964. The summed E-state index contributed by atoms with van der Waals surface area (Å²) in [5.41, 5.74) is 4.41. The molecule has 2 unspecified atom stereocenters. The molecular weight excluding hydrogens is 658 g/mol. The van der Waals surface area contributed by atoms with Crippen LogP contribution in [0.5, 0.6) is 0 Å². The van der Waals surface area contributed by atoms with Gasteiger partial charge in [-0.05, 0) is 80.2 Å². The molecule has 0 bridgehead atoms. The fourth-order valence-electron chi connectivity index (χ4n) is 5.83. The van der Waals surface area contributed by atoms with Gasteiger partial charge in [-0.15, -0.1) is 0 Å². The van der Waals surface area contributed by atoms with Gasteiger partial charge in [-0.1, -0.05) is 0 Å². The van der Waals surface area contributed by atoms with Crippen molar-refractivity contribution in [1.82, 2.24) is 20.4 Å². The van der Waals surface area contributed by atoms with E-state index in [9.17, 15) is 38.4 Å². The lowest BCUT2D eigenvalue weighted by atomic mass is 9.85. The molecule has 50 heavy (non-hydrogen) atoms. The molecule has 0 aromatic heterocycles. The first-order valence-corrected chi connectivity index (χ1v) is 17.0. The van der Waals surface area contributed by atoms with Crippen LogP contribution in [0.3, 0.4) is 0 Å². The summed E-state index contributed by atoms with van der Waals surface area (Å²) in [6, 6.07) is -1.70. The lowest BCUT2D eigenvalue weighted by Crippen LogP contribution is -2.53. The number of carbonyl (C=O) groups is 8. The molecule has 0 aromatic rings. The van der Waals surface area contributed by atoms with Crippen LogP contribution in [0, 0.1) is 5.92 Å². The van der Waals surface area contributed by atoms with E-state index in [2.05, 4.69) is 10.6 Å². The molecule has 2 rings (SSSR count). The first-order valence-electron chi connectivity index (χ1n) is 17.0. The lowest BCUT2D eigenvalue weighted by molar-refractivity contribution is -0.156. The van der Waals surface area contributed by atoms with Gasteiger partial charge in [0.1, 0.15) is 12.1 Å². The number of Topliss-reactive ketones (excluding diaryl/α,β-unsaturated/α-hetero) is 1. The van der Waals surface area contributed by atoms with Crippen LogP contribution in [0.2, 0.25) is 0 Å². The van der Waals surface area contributed by atoms with Gasteiger partial charge in [0.2, 0.25) is 17.7 Å². The molecular formula is C33H55N5O12. The highest BCUT2D eigenvalue weighted by Crippen LogP contribution is 2.33. The molecule has 17 nitrogen and oxygen atoms in total. The summed E-state index contributed by atoms with van der Waals surface area (Å²) >= 11 is 0. The Kier molecular flexibility index (Phi) is 18.6. The average Bonchev–Trinajstić information content (AvgIpc) is 3.68. The number of ketones is 1. The quantitative estimate of drug-likeness (QED) is 0.119. The van der Waals surface area contributed by atoms with Crippen molar-refractivity contribution in [1.29, 1.82) is 0 Å². The van der Waals surface area contributed by atoms with E-state index in [0.717, 1.165) is 0 Å². The Morgan fingerprint density at radius 3 is 1.98 bits per heavy atom. The zero-order valence-electron chi connectivity index (χ0n) is 30.0. The Hall–Kier alpha value is -4.12. The molecule has 0 saturated carbocycles. The van der Waals surface area contributed by atoms with Gasteiger partial charge in [-0.2, -0.15) is 0 Å². The summed E-state index contributed by atoms with van der Waals surface area (Å²) in [5.74, 6) is -5.41. The molecule has 6 N–H and O–H groups in total. The highest BCUT2D eigenvalue weighted by Gasteiger charge is 2.46. The fourth-order valence-corrected chi connectivity index (χ4v) is 5.83. The standard InChI is InChI=1S/C17H28N2O6.C16H27N3O6/c1-11(2)25-16(24)12(5-6-15(22)23)9-13(20)17(3)7-4-8-19(17)14(21)10-18;1-10(2)25-16(24)11(6-7-14(21)22)18-15(23)12-5-4-8-19(12)13(20)9-17-3/h11-12H,4-10,18H2,1-3H3,(H,22,23);10-12,17H,4-9H2,1-3H3,(H,18,23)(H,21,22)/t;11-,12-/m.0/s1. The molecule has 2 saturated heterocycles. The predicted molar refractivity (Wildman–Crippen MR) is 178 cm³/mol. The summed E-state index contributed by atoms with van der Waals surface area (Å²) in [6.45, 7) is 9.28. The van der Waals surface area contributed by atoms with Crippen LogP contribution in [-0.4, -0.2) is 130 Å². The number of nitrogens with one attached hydrogen (secondary N) is 2. The number of carboxylic acids is 2. The molecule has 4 atom stereocenters. The van der Waals surface area contributed by atoms with E-state index in [1.54, 1.807) is 41.7 Å². The Labute approximate surface area is 292 Å². The van der Waals surface area contributed by atoms with Crippen LogP contribution in [0.15, 0.2) is 0 Å². The Balaban J connectivity index is 0.000000500. The number of carboxylic acid groups (broad SMARTS) is 2. The van der Waals surface area contributed by atoms with E-state index >= 15 is 0 Å². The first-order chi connectivity index (χ1) is 23.4. The summed E-state index contributed by atoms with van der Waals surface area (Å²) in [4.78, 5) is 98.3. The first kappa shape index (κ1) is 43.9. The number of nitrogens with two attached hydrogens (primary N) is 1. The molecule has 0 radical (unpaired) electrons. The maximum absolute atomic E-state index is 12.9. The van der Waals surface area contributed by atoms with Gasteiger partial charge in [-0.3, -0.25) is 33.6 Å². The van der Waals surface area contributed by atoms with Gasteiger partial charge in [0.15, 0.2) is 5.78 Å². The van der Waals surface area contributed by atoms with E-state index in [1.165, 1.54) is 9.80 Å². The molecule has 0 spiro atoms. The van der Waals surface area contributed by atoms with Crippen molar-refractivity contribution < 1.29 is 58.0 Å². The summed E-state index contributed by atoms with van der Waals surface area (Å²) in [7, 11) is 1.65. The van der Waals surface area contributed by atoms with Crippen LogP contribution in [0.4, 0.5) is 0 Å². The molecule has 2 heterocycles. The van der Waals surface area contributed by atoms with Gasteiger partial charge in [0, 0.05) is 32.4 Å². The third kappa shape index (κ3) is 14.0. The zero-order chi connectivity index (χ0) is 38.2. The number of aliphatic carboxylic acids is 2. The van der Waals surface area contributed by atoms with Crippen LogP contribution in [-0.2, 0) is 47.8 Å². The van der Waals surface area contributed by atoms with Crippen molar-refractivity contribution in [2.24, 2.45) is 11.7 Å².